The largest absolute Gasteiger partial charge is 0.336 e. The summed E-state index contributed by atoms with van der Waals surface area (Å²) in [5.41, 5.74) is 0. The number of fused-ring (bicyclic) bond motifs is 1. The molecule has 1 saturated heterocycles. The van der Waals surface area contributed by atoms with E-state index in [2.05, 4.69) is 10.6 Å². The number of nitrogens with one attached hydrogen (secondary N) is 2. The quantitative estimate of drug-likeness (QED) is 0.573. The Morgan fingerprint density at radius 1 is 1.19 bits per heavy atom. The second-order valence-electron chi connectivity index (χ2n) is 5.59. The second-order valence-corrected chi connectivity index (χ2v) is 5.59. The Morgan fingerprint density at radius 2 is 1.71 bits per heavy atom. The zero-order chi connectivity index (χ0) is 15.6. The number of hydrogen-bond acceptors (Lipinski definition) is 4. The maximum Gasteiger partial charge on any atom is 0.321 e. The van der Waals surface area contributed by atoms with Gasteiger partial charge in [0, 0.05) is 6.04 Å². The van der Waals surface area contributed by atoms with Crippen molar-refractivity contribution < 1.29 is 19.2 Å². The van der Waals surface area contributed by atoms with E-state index in [1.165, 1.54) is 0 Å². The second kappa shape index (κ2) is 6.07. The molecule has 1 fully saturated rings. The predicted octanol–water partition coefficient (Wildman–Crippen LogP) is 0.172. The number of rotatable bonds is 3. The van der Waals surface area contributed by atoms with E-state index in [-0.39, 0.29) is 29.7 Å². The van der Waals surface area contributed by atoms with Crippen LogP contribution in [0.4, 0.5) is 4.79 Å². The van der Waals surface area contributed by atoms with Gasteiger partial charge in [-0.05, 0) is 26.7 Å². The van der Waals surface area contributed by atoms with Crippen molar-refractivity contribution in [3.05, 3.63) is 12.2 Å². The minimum atomic E-state index is -0.665. The minimum Gasteiger partial charge on any atom is -0.336 e. The summed E-state index contributed by atoms with van der Waals surface area (Å²) < 4.78 is 0. The maximum absolute atomic E-state index is 12.1. The molecular weight excluding hydrogens is 274 g/mol. The third kappa shape index (κ3) is 3.29. The lowest BCUT2D eigenvalue weighted by Gasteiger charge is -2.14. The van der Waals surface area contributed by atoms with E-state index in [1.54, 1.807) is 13.8 Å². The molecule has 0 unspecified atom stereocenters. The molecule has 2 N–H and O–H groups in total. The van der Waals surface area contributed by atoms with Crippen molar-refractivity contribution in [3.63, 3.8) is 0 Å². The Balaban J connectivity index is 1.94. The molecule has 1 aliphatic carbocycles. The summed E-state index contributed by atoms with van der Waals surface area (Å²) in [6.45, 7) is 3.11. The van der Waals surface area contributed by atoms with Crippen LogP contribution in [-0.4, -0.2) is 41.2 Å². The van der Waals surface area contributed by atoms with Gasteiger partial charge in [0.15, 0.2) is 0 Å². The highest BCUT2D eigenvalue weighted by Gasteiger charge is 2.47. The molecule has 0 aromatic heterocycles. The fourth-order valence-corrected chi connectivity index (χ4v) is 2.63. The first-order valence-electron chi connectivity index (χ1n) is 7.00. The Labute approximate surface area is 122 Å². The highest BCUT2D eigenvalue weighted by atomic mass is 16.2. The van der Waals surface area contributed by atoms with E-state index in [0.717, 1.165) is 4.90 Å². The van der Waals surface area contributed by atoms with Gasteiger partial charge in [-0.25, -0.2) is 4.79 Å². The number of allylic oxidation sites excluding steroid dienone is 2. The van der Waals surface area contributed by atoms with Gasteiger partial charge in [-0.3, -0.25) is 24.6 Å². The average Bonchev–Trinajstić information content (AvgIpc) is 2.63. The van der Waals surface area contributed by atoms with Gasteiger partial charge >= 0.3 is 6.03 Å². The summed E-state index contributed by atoms with van der Waals surface area (Å²) in [7, 11) is 0. The van der Waals surface area contributed by atoms with Crippen molar-refractivity contribution in [3.8, 4) is 0 Å². The Bertz CT molecular complexity index is 486. The van der Waals surface area contributed by atoms with Crippen molar-refractivity contribution in [2.45, 2.75) is 32.7 Å². The van der Waals surface area contributed by atoms with Gasteiger partial charge in [0.1, 0.15) is 6.54 Å². The molecule has 21 heavy (non-hydrogen) atoms. The summed E-state index contributed by atoms with van der Waals surface area (Å²) in [4.78, 5) is 48.4. The highest BCUT2D eigenvalue weighted by Crippen LogP contribution is 2.34. The molecule has 1 aliphatic heterocycles. The van der Waals surface area contributed by atoms with Crippen LogP contribution in [0, 0.1) is 11.8 Å². The number of nitrogens with zero attached hydrogens (tertiary/aromatic N) is 1. The molecule has 0 spiro atoms. The molecule has 114 valence electrons. The van der Waals surface area contributed by atoms with Gasteiger partial charge in [0.2, 0.25) is 17.7 Å². The van der Waals surface area contributed by atoms with Crippen LogP contribution < -0.4 is 10.6 Å². The minimum absolute atomic E-state index is 0.109. The van der Waals surface area contributed by atoms with E-state index in [0.29, 0.717) is 12.8 Å². The van der Waals surface area contributed by atoms with Crippen LogP contribution in [0.2, 0.25) is 0 Å². The van der Waals surface area contributed by atoms with Crippen molar-refractivity contribution in [2.75, 3.05) is 6.54 Å². The first-order chi connectivity index (χ1) is 9.90. The topological polar surface area (TPSA) is 95.6 Å². The summed E-state index contributed by atoms with van der Waals surface area (Å²) >= 11 is 0. The van der Waals surface area contributed by atoms with E-state index in [1.807, 2.05) is 12.2 Å². The van der Waals surface area contributed by atoms with E-state index in [4.69, 9.17) is 0 Å². The fraction of sp³-hybridized carbons (Fsp3) is 0.571. The lowest BCUT2D eigenvalue weighted by Crippen LogP contribution is -2.47. The molecule has 0 radical (unpaired) electrons. The van der Waals surface area contributed by atoms with Crippen LogP contribution >= 0.6 is 0 Å². The number of imide groups is 2. The highest BCUT2D eigenvalue weighted by molar-refractivity contribution is 6.08. The molecule has 7 nitrogen and oxygen atoms in total. The van der Waals surface area contributed by atoms with Crippen LogP contribution in [0.5, 0.6) is 0 Å². The molecule has 0 aromatic rings. The SMILES string of the molecule is CC(C)NC(=O)NC(=O)CN1C(=O)[C@H]2CC=CC[C@H]2C1=O. The van der Waals surface area contributed by atoms with E-state index >= 15 is 0 Å². The summed E-state index contributed by atoms with van der Waals surface area (Å²) in [5, 5.41) is 4.61. The molecule has 0 aromatic carbocycles. The molecule has 2 rings (SSSR count). The number of amides is 5. The third-order valence-electron chi connectivity index (χ3n) is 3.57. The smallest absolute Gasteiger partial charge is 0.321 e. The first-order valence-corrected chi connectivity index (χ1v) is 7.00. The van der Waals surface area contributed by atoms with Crippen molar-refractivity contribution in [1.82, 2.24) is 15.5 Å². The van der Waals surface area contributed by atoms with Crippen LogP contribution in [0.1, 0.15) is 26.7 Å². The number of carbonyl (C=O) groups excluding carboxylic acids is 4. The van der Waals surface area contributed by atoms with Crippen LogP contribution in [-0.2, 0) is 14.4 Å². The van der Waals surface area contributed by atoms with E-state index in [9.17, 15) is 19.2 Å². The molecule has 1 heterocycles. The molecule has 2 atom stereocenters. The Hall–Kier alpha value is -2.18. The van der Waals surface area contributed by atoms with Crippen LogP contribution in [0.3, 0.4) is 0 Å². The summed E-state index contributed by atoms with van der Waals surface area (Å²) in [6.07, 6.45) is 4.82. The van der Waals surface area contributed by atoms with Gasteiger partial charge < -0.3 is 5.32 Å². The number of hydrogen-bond donors (Lipinski definition) is 2. The van der Waals surface area contributed by atoms with E-state index < -0.39 is 18.5 Å². The zero-order valence-corrected chi connectivity index (χ0v) is 12.1. The standard InChI is InChI=1S/C14H19N3O4/c1-8(2)15-14(21)16-11(18)7-17-12(19)9-5-3-4-6-10(9)13(17)20/h3-4,8-10H,5-7H2,1-2H3,(H2,15,16,18,21)/t9-,10+. The van der Waals surface area contributed by atoms with Gasteiger partial charge in [0.25, 0.3) is 0 Å². The molecule has 7 heteroatoms. The van der Waals surface area contributed by atoms with Gasteiger partial charge in [-0.2, -0.15) is 0 Å². The van der Waals surface area contributed by atoms with Crippen molar-refractivity contribution in [1.29, 1.82) is 0 Å². The monoisotopic (exact) mass is 293 g/mol. The Kier molecular flexibility index (Phi) is 4.40. The molecule has 0 saturated carbocycles. The number of urea groups is 1. The fourth-order valence-electron chi connectivity index (χ4n) is 2.63. The van der Waals surface area contributed by atoms with Crippen LogP contribution in [0.25, 0.3) is 0 Å². The van der Waals surface area contributed by atoms with Crippen molar-refractivity contribution in [2.24, 2.45) is 11.8 Å². The average molecular weight is 293 g/mol. The van der Waals surface area contributed by atoms with Gasteiger partial charge in [-0.15, -0.1) is 0 Å². The lowest BCUT2D eigenvalue weighted by molar-refractivity contribution is -0.143. The number of carbonyl (C=O) groups is 4. The third-order valence-corrected chi connectivity index (χ3v) is 3.57. The van der Waals surface area contributed by atoms with Crippen molar-refractivity contribution >= 4 is 23.8 Å². The van der Waals surface area contributed by atoms with Crippen LogP contribution in [0.15, 0.2) is 12.2 Å². The zero-order valence-electron chi connectivity index (χ0n) is 12.1. The predicted molar refractivity (Wildman–Crippen MR) is 73.9 cm³/mol. The lowest BCUT2D eigenvalue weighted by atomic mass is 9.85. The molecule has 2 aliphatic rings. The summed E-state index contributed by atoms with van der Waals surface area (Å²) in [5.74, 6) is -2.04. The number of likely N-dealkylation sites (tertiary alicyclic amines) is 1. The van der Waals surface area contributed by atoms with Gasteiger partial charge in [-0.1, -0.05) is 12.2 Å². The Morgan fingerprint density at radius 3 is 2.19 bits per heavy atom. The first kappa shape index (κ1) is 15.2. The van der Waals surface area contributed by atoms with Gasteiger partial charge in [0.05, 0.1) is 11.8 Å². The molecular formula is C14H19N3O4. The normalized spacial score (nSPS) is 24.2. The maximum atomic E-state index is 12.1. The molecule has 5 amide bonds. The summed E-state index contributed by atoms with van der Waals surface area (Å²) in [6, 6.07) is -0.741. The molecule has 0 bridgehead atoms.